The van der Waals surface area contributed by atoms with E-state index in [-0.39, 0.29) is 30.2 Å². The minimum Gasteiger partial charge on any atom is -0.352 e. The van der Waals surface area contributed by atoms with Crippen LogP contribution in [0.5, 0.6) is 0 Å². The minimum atomic E-state index is -0.647. The molecule has 30 heavy (non-hydrogen) atoms. The van der Waals surface area contributed by atoms with Crippen molar-refractivity contribution in [2.45, 2.75) is 52.1 Å². The lowest BCUT2D eigenvalue weighted by Crippen LogP contribution is -2.49. The molecule has 0 radical (unpaired) electrons. The summed E-state index contributed by atoms with van der Waals surface area (Å²) >= 11 is 14.2. The molecule has 0 unspecified atom stereocenters. The number of aryl methyl sites for hydroxylation is 1. The van der Waals surface area contributed by atoms with E-state index in [1.807, 2.05) is 26.0 Å². The van der Waals surface area contributed by atoms with E-state index in [4.69, 9.17) is 23.2 Å². The molecule has 0 heterocycles. The van der Waals surface area contributed by atoms with Gasteiger partial charge in [-0.25, -0.2) is 0 Å². The van der Waals surface area contributed by atoms with Crippen molar-refractivity contribution in [3.8, 4) is 0 Å². The van der Waals surface area contributed by atoms with E-state index in [1.165, 1.54) is 22.9 Å². The van der Waals surface area contributed by atoms with Gasteiger partial charge in [-0.1, -0.05) is 53.5 Å². The number of hydrogen-bond acceptors (Lipinski definition) is 3. The molecule has 0 aliphatic carbocycles. The number of thioether (sulfide) groups is 1. The van der Waals surface area contributed by atoms with E-state index < -0.39 is 6.04 Å². The molecule has 7 heteroatoms. The largest absolute Gasteiger partial charge is 0.352 e. The predicted octanol–water partition coefficient (Wildman–Crippen LogP) is 5.48. The van der Waals surface area contributed by atoms with Crippen LogP contribution >= 0.6 is 35.0 Å². The number of amides is 2. The summed E-state index contributed by atoms with van der Waals surface area (Å²) < 4.78 is 0. The van der Waals surface area contributed by atoms with Crippen LogP contribution in [-0.4, -0.2) is 34.6 Å². The van der Waals surface area contributed by atoms with Gasteiger partial charge in [0.1, 0.15) is 6.04 Å². The van der Waals surface area contributed by atoms with Crippen LogP contribution in [0.15, 0.2) is 42.5 Å². The van der Waals surface area contributed by atoms with Crippen molar-refractivity contribution < 1.29 is 9.59 Å². The zero-order chi connectivity index (χ0) is 22.3. The van der Waals surface area contributed by atoms with Crippen LogP contribution in [0.3, 0.4) is 0 Å². The molecule has 0 aromatic heterocycles. The summed E-state index contributed by atoms with van der Waals surface area (Å²) in [6, 6.07) is 12.7. The molecule has 0 spiro atoms. The average Bonchev–Trinajstić information content (AvgIpc) is 2.68. The molecule has 2 amide bonds. The molecule has 0 fully saturated rings. The Labute approximate surface area is 193 Å². The smallest absolute Gasteiger partial charge is 0.242 e. The molecule has 0 aliphatic rings. The summed E-state index contributed by atoms with van der Waals surface area (Å²) in [5, 5.41) is 3.83. The second-order valence-electron chi connectivity index (χ2n) is 7.48. The Hall–Kier alpha value is -1.69. The Kier molecular flexibility index (Phi) is 9.53. The number of hydrogen-bond donors (Lipinski definition) is 1. The number of nitrogens with one attached hydrogen (secondary N) is 1. The second kappa shape index (κ2) is 11.6. The van der Waals surface area contributed by atoms with E-state index in [9.17, 15) is 9.59 Å². The lowest BCUT2D eigenvalue weighted by Gasteiger charge is -2.30. The van der Waals surface area contributed by atoms with Gasteiger partial charge in [0, 0.05) is 33.9 Å². The first-order valence-corrected chi connectivity index (χ1v) is 11.8. The molecule has 0 saturated heterocycles. The van der Waals surface area contributed by atoms with Crippen molar-refractivity contribution in [1.82, 2.24) is 10.2 Å². The van der Waals surface area contributed by atoms with Gasteiger partial charge in [-0.15, -0.1) is 11.8 Å². The maximum absolute atomic E-state index is 13.1. The standard InChI is InChI=1S/C23H28Cl2N2O2S/c1-15(2)26-23(29)17(4)27(12-19-20(24)10-7-11-21(19)25)22(28)14-30-13-18-9-6-5-8-16(18)3/h5-11,15,17H,12-14H2,1-4H3,(H,26,29)/t17-/m0/s1. The molecule has 0 bridgehead atoms. The first kappa shape index (κ1) is 24.6. The molecule has 162 valence electrons. The molecule has 4 nitrogen and oxygen atoms in total. The van der Waals surface area contributed by atoms with E-state index in [2.05, 4.69) is 24.4 Å². The lowest BCUT2D eigenvalue weighted by molar-refractivity contribution is -0.138. The summed E-state index contributed by atoms with van der Waals surface area (Å²) in [6.07, 6.45) is 0. The highest BCUT2D eigenvalue weighted by atomic mass is 35.5. The van der Waals surface area contributed by atoms with Gasteiger partial charge in [-0.2, -0.15) is 0 Å². The fourth-order valence-electron chi connectivity index (χ4n) is 2.94. The van der Waals surface area contributed by atoms with Crippen LogP contribution < -0.4 is 5.32 Å². The molecule has 1 atom stereocenters. The van der Waals surface area contributed by atoms with Gasteiger partial charge < -0.3 is 10.2 Å². The highest BCUT2D eigenvalue weighted by Gasteiger charge is 2.27. The normalized spacial score (nSPS) is 12.0. The number of benzene rings is 2. The van der Waals surface area contributed by atoms with Crippen molar-refractivity contribution in [2.75, 3.05) is 5.75 Å². The summed E-state index contributed by atoms with van der Waals surface area (Å²) in [7, 11) is 0. The van der Waals surface area contributed by atoms with Crippen molar-refractivity contribution in [1.29, 1.82) is 0 Å². The third kappa shape index (κ3) is 6.93. The van der Waals surface area contributed by atoms with E-state index >= 15 is 0 Å². The van der Waals surface area contributed by atoms with Crippen molar-refractivity contribution in [2.24, 2.45) is 0 Å². The number of rotatable bonds is 9. The van der Waals surface area contributed by atoms with Gasteiger partial charge in [-0.3, -0.25) is 9.59 Å². The summed E-state index contributed by atoms with van der Waals surface area (Å²) in [5.41, 5.74) is 3.03. The Morgan fingerprint density at radius 2 is 1.67 bits per heavy atom. The van der Waals surface area contributed by atoms with Crippen LogP contribution in [0.4, 0.5) is 0 Å². The second-order valence-corrected chi connectivity index (χ2v) is 9.28. The SMILES string of the molecule is Cc1ccccc1CSCC(=O)N(Cc1c(Cl)cccc1Cl)[C@@H](C)C(=O)NC(C)C. The maximum Gasteiger partial charge on any atom is 0.242 e. The molecule has 0 saturated carbocycles. The highest BCUT2D eigenvalue weighted by Crippen LogP contribution is 2.27. The molecule has 1 N–H and O–H groups in total. The molecule has 2 aromatic carbocycles. The van der Waals surface area contributed by atoms with Gasteiger partial charge in [0.25, 0.3) is 0 Å². The fraction of sp³-hybridized carbons (Fsp3) is 0.391. The van der Waals surface area contributed by atoms with Gasteiger partial charge in [-0.05, 0) is 51.0 Å². The molecule has 2 rings (SSSR count). The Bertz CT molecular complexity index is 869. The van der Waals surface area contributed by atoms with Crippen LogP contribution in [0.25, 0.3) is 0 Å². The molecular weight excluding hydrogens is 439 g/mol. The zero-order valence-electron chi connectivity index (χ0n) is 17.7. The van der Waals surface area contributed by atoms with Crippen molar-refractivity contribution >= 4 is 46.8 Å². The zero-order valence-corrected chi connectivity index (χ0v) is 20.1. The van der Waals surface area contributed by atoms with E-state index in [0.717, 1.165) is 5.75 Å². The van der Waals surface area contributed by atoms with Gasteiger partial charge >= 0.3 is 0 Å². The number of carbonyl (C=O) groups is 2. The van der Waals surface area contributed by atoms with Crippen molar-refractivity contribution in [3.05, 3.63) is 69.2 Å². The molecular formula is C23H28Cl2N2O2S. The van der Waals surface area contributed by atoms with Gasteiger partial charge in [0.15, 0.2) is 0 Å². The number of carbonyl (C=O) groups excluding carboxylic acids is 2. The number of halogens is 2. The van der Waals surface area contributed by atoms with Gasteiger partial charge in [0.05, 0.1) is 5.75 Å². The molecule has 0 aliphatic heterocycles. The van der Waals surface area contributed by atoms with Gasteiger partial charge in [0.2, 0.25) is 11.8 Å². The monoisotopic (exact) mass is 466 g/mol. The maximum atomic E-state index is 13.1. The first-order chi connectivity index (χ1) is 14.2. The van der Waals surface area contributed by atoms with Crippen LogP contribution in [0, 0.1) is 6.92 Å². The van der Waals surface area contributed by atoms with E-state index in [0.29, 0.717) is 15.6 Å². The lowest BCUT2D eigenvalue weighted by atomic mass is 10.1. The summed E-state index contributed by atoms with van der Waals surface area (Å²) in [5.74, 6) is 0.655. The topological polar surface area (TPSA) is 49.4 Å². The number of nitrogens with zero attached hydrogens (tertiary/aromatic N) is 1. The highest BCUT2D eigenvalue weighted by molar-refractivity contribution is 7.99. The van der Waals surface area contributed by atoms with Crippen LogP contribution in [0.1, 0.15) is 37.5 Å². The third-order valence-corrected chi connectivity index (χ3v) is 6.41. The van der Waals surface area contributed by atoms with Crippen LogP contribution in [0.2, 0.25) is 10.0 Å². The average molecular weight is 467 g/mol. The molecule has 2 aromatic rings. The Morgan fingerprint density at radius 1 is 1.03 bits per heavy atom. The quantitative estimate of drug-likeness (QED) is 0.532. The van der Waals surface area contributed by atoms with Crippen LogP contribution in [-0.2, 0) is 21.9 Å². The third-order valence-electron chi connectivity index (χ3n) is 4.73. The predicted molar refractivity (Wildman–Crippen MR) is 127 cm³/mol. The first-order valence-electron chi connectivity index (χ1n) is 9.85. The minimum absolute atomic E-state index is 0.0174. The Morgan fingerprint density at radius 3 is 2.27 bits per heavy atom. The van der Waals surface area contributed by atoms with Crippen molar-refractivity contribution in [3.63, 3.8) is 0 Å². The summed E-state index contributed by atoms with van der Waals surface area (Å²) in [4.78, 5) is 27.3. The summed E-state index contributed by atoms with van der Waals surface area (Å²) in [6.45, 7) is 7.74. The fourth-order valence-corrected chi connectivity index (χ4v) is 4.45. The van der Waals surface area contributed by atoms with E-state index in [1.54, 1.807) is 30.0 Å². The Balaban J connectivity index is 2.16.